The molecule has 0 spiro atoms. The molecule has 0 aromatic heterocycles. The first-order valence-corrected chi connectivity index (χ1v) is 7.11. The first kappa shape index (κ1) is 19.0. The first-order chi connectivity index (χ1) is 10.3. The van der Waals surface area contributed by atoms with Crippen molar-refractivity contribution in [3.8, 4) is 0 Å². The van der Waals surface area contributed by atoms with Crippen LogP contribution in [0.25, 0.3) is 0 Å². The van der Waals surface area contributed by atoms with Crippen molar-refractivity contribution in [3.05, 3.63) is 75.2 Å². The summed E-state index contributed by atoms with van der Waals surface area (Å²) < 4.78 is 5.52. The highest BCUT2D eigenvalue weighted by atomic mass is 16.5. The molecule has 21 heavy (non-hydrogen) atoms. The van der Waals surface area contributed by atoms with Crippen LogP contribution in [0.4, 0.5) is 0 Å². The van der Waals surface area contributed by atoms with E-state index in [4.69, 9.17) is 4.74 Å². The first-order valence-electron chi connectivity index (χ1n) is 7.11. The maximum atomic E-state index is 5.52. The minimum Gasteiger partial charge on any atom is -0.373 e. The summed E-state index contributed by atoms with van der Waals surface area (Å²) in [5.74, 6) is 0. The summed E-state index contributed by atoms with van der Waals surface area (Å²) in [5, 5.41) is 0. The Morgan fingerprint density at radius 3 is 1.24 bits per heavy atom. The van der Waals surface area contributed by atoms with E-state index in [9.17, 15) is 0 Å². The average Bonchev–Trinajstić information content (AvgIpc) is 2.47. The Labute approximate surface area is 129 Å². The van der Waals surface area contributed by atoms with Gasteiger partial charge in [0.15, 0.2) is 0 Å². The highest BCUT2D eigenvalue weighted by Gasteiger charge is 1.92. The average molecular weight is 288 g/mol. The minimum atomic E-state index is 0.581. The number of hydrogen-bond acceptors (Lipinski definition) is 3. The molecule has 3 heteroatoms. The van der Waals surface area contributed by atoms with Crippen molar-refractivity contribution in [1.29, 1.82) is 0 Å². The third kappa shape index (κ3) is 11.5. The van der Waals surface area contributed by atoms with Gasteiger partial charge in [0.25, 0.3) is 0 Å². The van der Waals surface area contributed by atoms with Crippen LogP contribution in [0.2, 0.25) is 0 Å². The second-order valence-electron chi connectivity index (χ2n) is 4.37. The van der Waals surface area contributed by atoms with Gasteiger partial charge in [-0.3, -0.25) is 0 Å². The second kappa shape index (κ2) is 14.4. The lowest BCUT2D eigenvalue weighted by Gasteiger charge is -2.16. The standard InChI is InChI=1S/C18H28N2O/c1-5-11-19(12-6-2)15-9-17-21-18-10-16-20(13-7-3)14-8-4/h5-10,15-16H,1-4,11-14,17-18H2. The van der Waals surface area contributed by atoms with Crippen LogP contribution in [0.1, 0.15) is 0 Å². The zero-order chi connectivity index (χ0) is 15.8. The van der Waals surface area contributed by atoms with Gasteiger partial charge in [-0.25, -0.2) is 0 Å². The highest BCUT2D eigenvalue weighted by molar-refractivity contribution is 4.92. The van der Waals surface area contributed by atoms with Crippen LogP contribution in [0.15, 0.2) is 75.2 Å². The summed E-state index contributed by atoms with van der Waals surface area (Å²) >= 11 is 0. The third-order valence-electron chi connectivity index (χ3n) is 2.52. The van der Waals surface area contributed by atoms with Crippen molar-refractivity contribution in [3.63, 3.8) is 0 Å². The fraction of sp³-hybridized carbons (Fsp3) is 0.333. The number of nitrogens with zero attached hydrogens (tertiary/aromatic N) is 2. The smallest absolute Gasteiger partial charge is 0.0668 e. The van der Waals surface area contributed by atoms with Gasteiger partial charge >= 0.3 is 0 Å². The van der Waals surface area contributed by atoms with Crippen molar-refractivity contribution in [2.75, 3.05) is 39.4 Å². The summed E-state index contributed by atoms with van der Waals surface area (Å²) in [6.07, 6.45) is 15.5. The predicted molar refractivity (Wildman–Crippen MR) is 93.0 cm³/mol. The Bertz CT molecular complexity index is 304. The van der Waals surface area contributed by atoms with E-state index < -0.39 is 0 Å². The molecule has 0 aromatic rings. The van der Waals surface area contributed by atoms with Gasteiger partial charge < -0.3 is 14.5 Å². The molecule has 0 heterocycles. The Morgan fingerprint density at radius 2 is 0.952 bits per heavy atom. The normalized spacial score (nSPS) is 10.7. The topological polar surface area (TPSA) is 15.7 Å². The van der Waals surface area contributed by atoms with Gasteiger partial charge in [0, 0.05) is 26.2 Å². The van der Waals surface area contributed by atoms with Crippen LogP contribution in [0.3, 0.4) is 0 Å². The van der Waals surface area contributed by atoms with E-state index in [0.29, 0.717) is 13.2 Å². The maximum absolute atomic E-state index is 5.52. The van der Waals surface area contributed by atoms with E-state index in [-0.39, 0.29) is 0 Å². The van der Waals surface area contributed by atoms with E-state index >= 15 is 0 Å². The molecule has 0 aliphatic heterocycles. The molecular weight excluding hydrogens is 260 g/mol. The van der Waals surface area contributed by atoms with Gasteiger partial charge in [-0.15, -0.1) is 26.3 Å². The largest absolute Gasteiger partial charge is 0.373 e. The van der Waals surface area contributed by atoms with E-state index in [1.165, 1.54) is 0 Å². The summed E-state index contributed by atoms with van der Waals surface area (Å²) in [5.41, 5.74) is 0. The molecule has 0 fully saturated rings. The zero-order valence-electron chi connectivity index (χ0n) is 13.0. The van der Waals surface area contributed by atoms with Crippen LogP contribution in [0, 0.1) is 0 Å². The molecule has 0 bridgehead atoms. The zero-order valence-corrected chi connectivity index (χ0v) is 13.0. The molecule has 0 aliphatic rings. The predicted octanol–water partition coefficient (Wildman–Crippen LogP) is 3.38. The summed E-state index contributed by atoms with van der Waals surface area (Å²) in [7, 11) is 0. The fourth-order valence-electron chi connectivity index (χ4n) is 1.64. The lowest BCUT2D eigenvalue weighted by atomic mass is 10.4. The summed E-state index contributed by atoms with van der Waals surface area (Å²) in [6, 6.07) is 0. The Kier molecular flexibility index (Phi) is 13.0. The number of hydrogen-bond donors (Lipinski definition) is 0. The van der Waals surface area contributed by atoms with E-state index in [1.54, 1.807) is 0 Å². The molecule has 0 rings (SSSR count). The van der Waals surface area contributed by atoms with E-state index in [0.717, 1.165) is 26.2 Å². The van der Waals surface area contributed by atoms with Crippen molar-refractivity contribution < 1.29 is 4.74 Å². The van der Waals surface area contributed by atoms with Crippen molar-refractivity contribution in [1.82, 2.24) is 9.80 Å². The Hall–Kier alpha value is -2.00. The maximum Gasteiger partial charge on any atom is 0.0668 e. The number of ether oxygens (including phenoxy) is 1. The summed E-state index contributed by atoms with van der Waals surface area (Å²) in [6.45, 7) is 19.3. The van der Waals surface area contributed by atoms with Crippen LogP contribution in [-0.4, -0.2) is 49.2 Å². The lowest BCUT2D eigenvalue weighted by Crippen LogP contribution is -2.17. The molecule has 0 aromatic carbocycles. The summed E-state index contributed by atoms with van der Waals surface area (Å²) in [4.78, 5) is 4.21. The van der Waals surface area contributed by atoms with Crippen LogP contribution < -0.4 is 0 Å². The van der Waals surface area contributed by atoms with Crippen LogP contribution in [0.5, 0.6) is 0 Å². The minimum absolute atomic E-state index is 0.581. The van der Waals surface area contributed by atoms with Gasteiger partial charge in [-0.2, -0.15) is 0 Å². The molecule has 0 saturated carbocycles. The molecule has 0 radical (unpaired) electrons. The second-order valence-corrected chi connectivity index (χ2v) is 4.37. The molecular formula is C18H28N2O. The van der Waals surface area contributed by atoms with Crippen LogP contribution >= 0.6 is 0 Å². The Morgan fingerprint density at radius 1 is 0.619 bits per heavy atom. The molecule has 0 unspecified atom stereocenters. The van der Waals surface area contributed by atoms with Crippen molar-refractivity contribution >= 4 is 0 Å². The number of rotatable bonds is 14. The van der Waals surface area contributed by atoms with Gasteiger partial charge in [0.05, 0.1) is 13.2 Å². The third-order valence-corrected chi connectivity index (χ3v) is 2.52. The molecule has 0 atom stereocenters. The van der Waals surface area contributed by atoms with E-state index in [1.807, 2.05) is 48.9 Å². The molecule has 0 saturated heterocycles. The van der Waals surface area contributed by atoms with Gasteiger partial charge in [-0.05, 0) is 24.6 Å². The SMILES string of the molecule is C=CCN(C=CCOCC=CN(CC=C)CC=C)CC=C. The molecule has 0 aliphatic carbocycles. The van der Waals surface area contributed by atoms with Gasteiger partial charge in [-0.1, -0.05) is 24.3 Å². The lowest BCUT2D eigenvalue weighted by molar-refractivity contribution is 0.191. The monoisotopic (exact) mass is 288 g/mol. The van der Waals surface area contributed by atoms with Crippen molar-refractivity contribution in [2.24, 2.45) is 0 Å². The highest BCUT2D eigenvalue weighted by Crippen LogP contribution is 1.93. The van der Waals surface area contributed by atoms with Crippen molar-refractivity contribution in [2.45, 2.75) is 0 Å². The molecule has 3 nitrogen and oxygen atoms in total. The van der Waals surface area contributed by atoms with Crippen LogP contribution in [-0.2, 0) is 4.74 Å². The van der Waals surface area contributed by atoms with E-state index in [2.05, 4.69) is 36.1 Å². The molecule has 0 amide bonds. The molecule has 0 N–H and O–H groups in total. The Balaban J connectivity index is 3.91. The fourth-order valence-corrected chi connectivity index (χ4v) is 1.64. The van der Waals surface area contributed by atoms with Gasteiger partial charge in [0.2, 0.25) is 0 Å². The molecule has 116 valence electrons. The quantitative estimate of drug-likeness (QED) is 0.360. The van der Waals surface area contributed by atoms with Gasteiger partial charge in [0.1, 0.15) is 0 Å².